The predicted molar refractivity (Wildman–Crippen MR) is 129 cm³/mol. The summed E-state index contributed by atoms with van der Waals surface area (Å²) in [5, 5.41) is 8.25. The van der Waals surface area contributed by atoms with E-state index in [1.165, 1.54) is 6.42 Å². The lowest BCUT2D eigenvalue weighted by atomic mass is 9.94. The second kappa shape index (κ2) is 9.12. The molecule has 1 saturated heterocycles. The summed E-state index contributed by atoms with van der Waals surface area (Å²) < 4.78 is 8.54. The van der Waals surface area contributed by atoms with Crippen molar-refractivity contribution in [1.29, 1.82) is 0 Å². The molecule has 0 atom stereocenters. The van der Waals surface area contributed by atoms with Gasteiger partial charge in [-0.1, -0.05) is 25.3 Å². The lowest BCUT2D eigenvalue weighted by molar-refractivity contribution is -0.124. The van der Waals surface area contributed by atoms with E-state index < -0.39 is 0 Å². The molecule has 1 aromatic carbocycles. The van der Waals surface area contributed by atoms with Gasteiger partial charge in [-0.15, -0.1) is 0 Å². The zero-order valence-corrected chi connectivity index (χ0v) is 20.5. The number of benzene rings is 1. The fourth-order valence-corrected chi connectivity index (χ4v) is 5.01. The van der Waals surface area contributed by atoms with E-state index in [1.807, 2.05) is 42.8 Å². The highest BCUT2D eigenvalue weighted by molar-refractivity contribution is 9.10. The van der Waals surface area contributed by atoms with E-state index in [0.717, 1.165) is 58.4 Å². The van der Waals surface area contributed by atoms with Gasteiger partial charge in [0.25, 0.3) is 5.91 Å². The van der Waals surface area contributed by atoms with E-state index in [-0.39, 0.29) is 11.9 Å². The van der Waals surface area contributed by atoms with Gasteiger partial charge < -0.3 is 10.1 Å². The topological polar surface area (TPSA) is 59.4 Å². The van der Waals surface area contributed by atoms with Crippen molar-refractivity contribution >= 4 is 45.2 Å². The first-order valence-corrected chi connectivity index (χ1v) is 11.8. The van der Waals surface area contributed by atoms with Gasteiger partial charge >= 0.3 is 0 Å². The highest BCUT2D eigenvalue weighted by Crippen LogP contribution is 2.28. The number of nitrogens with one attached hydrogen (secondary N) is 1. The Morgan fingerprint density at radius 3 is 2.68 bits per heavy atom. The molecule has 2 aromatic rings. The Morgan fingerprint density at radius 2 is 2.03 bits per heavy atom. The van der Waals surface area contributed by atoms with Crippen LogP contribution in [0.15, 0.2) is 28.4 Å². The summed E-state index contributed by atoms with van der Waals surface area (Å²) in [6.07, 6.45) is 7.46. The molecule has 0 bridgehead atoms. The fraction of sp³-hybridized carbons (Fsp3) is 0.435. The van der Waals surface area contributed by atoms with Crippen molar-refractivity contribution in [2.24, 2.45) is 0 Å². The summed E-state index contributed by atoms with van der Waals surface area (Å²) in [5.74, 6) is 0.757. The zero-order chi connectivity index (χ0) is 22.1. The first kappa shape index (κ1) is 22.0. The van der Waals surface area contributed by atoms with Crippen LogP contribution in [0.1, 0.15) is 54.6 Å². The third-order valence-corrected chi connectivity index (χ3v) is 7.52. The molecule has 8 heteroatoms. The van der Waals surface area contributed by atoms with Gasteiger partial charge in [0.1, 0.15) is 11.4 Å². The van der Waals surface area contributed by atoms with Crippen LogP contribution in [0.3, 0.4) is 0 Å². The maximum atomic E-state index is 13.1. The molecule has 31 heavy (non-hydrogen) atoms. The van der Waals surface area contributed by atoms with Gasteiger partial charge in [-0.25, -0.2) is 0 Å². The highest BCUT2D eigenvalue weighted by Gasteiger charge is 2.36. The molecule has 1 saturated carbocycles. The van der Waals surface area contributed by atoms with E-state index in [0.29, 0.717) is 17.4 Å². The maximum absolute atomic E-state index is 13.1. The number of rotatable bonds is 5. The number of ether oxygens (including phenoxy) is 1. The number of halogens is 1. The second-order valence-corrected chi connectivity index (χ2v) is 9.35. The largest absolute Gasteiger partial charge is 0.496 e. The lowest BCUT2D eigenvalue weighted by Gasteiger charge is -2.29. The molecule has 2 fully saturated rings. The first-order chi connectivity index (χ1) is 14.9. The van der Waals surface area contributed by atoms with Crippen LogP contribution < -0.4 is 10.1 Å². The summed E-state index contributed by atoms with van der Waals surface area (Å²) in [7, 11) is 1.66. The van der Waals surface area contributed by atoms with Crippen LogP contribution in [0.25, 0.3) is 6.08 Å². The number of carbonyl (C=O) groups is 1. The Hall–Kier alpha value is -2.19. The summed E-state index contributed by atoms with van der Waals surface area (Å²) in [4.78, 5) is 14.8. The van der Waals surface area contributed by atoms with Crippen LogP contribution >= 0.6 is 28.1 Å². The Labute approximate surface area is 196 Å². The molecule has 2 aliphatic rings. The minimum absolute atomic E-state index is 0.0308. The van der Waals surface area contributed by atoms with E-state index >= 15 is 0 Å². The molecule has 164 valence electrons. The van der Waals surface area contributed by atoms with Crippen molar-refractivity contribution in [2.45, 2.75) is 58.5 Å². The average molecular weight is 503 g/mol. The number of aromatic nitrogens is 2. The average Bonchev–Trinajstić information content (AvgIpc) is 3.18. The number of carbonyl (C=O) groups excluding carboxylic acids is 1. The maximum Gasteiger partial charge on any atom is 0.276 e. The lowest BCUT2D eigenvalue weighted by Crippen LogP contribution is -2.41. The Kier molecular flexibility index (Phi) is 6.48. The normalized spacial score (nSPS) is 18.7. The van der Waals surface area contributed by atoms with E-state index in [4.69, 9.17) is 17.0 Å². The minimum Gasteiger partial charge on any atom is -0.496 e. The SMILES string of the molecule is COc1ccc(/C=C2/NC(=S)N(C3CCCCC3)C2=O)cc1Cn1nc(C)c(Br)c1C. The van der Waals surface area contributed by atoms with Crippen molar-refractivity contribution in [1.82, 2.24) is 20.0 Å². The summed E-state index contributed by atoms with van der Waals surface area (Å²) in [6, 6.07) is 6.13. The number of hydrogen-bond donors (Lipinski definition) is 1. The van der Waals surface area contributed by atoms with Gasteiger partial charge in [0.05, 0.1) is 29.5 Å². The van der Waals surface area contributed by atoms with Crippen LogP contribution in [-0.4, -0.2) is 38.9 Å². The quantitative estimate of drug-likeness (QED) is 0.473. The van der Waals surface area contributed by atoms with Gasteiger partial charge in [-0.3, -0.25) is 14.4 Å². The number of amides is 1. The number of aryl methyl sites for hydroxylation is 1. The third-order valence-electron chi connectivity index (χ3n) is 6.08. The van der Waals surface area contributed by atoms with Crippen LogP contribution in [0, 0.1) is 13.8 Å². The van der Waals surface area contributed by atoms with E-state index in [9.17, 15) is 4.79 Å². The number of nitrogens with zero attached hydrogens (tertiary/aromatic N) is 3. The van der Waals surface area contributed by atoms with Crippen LogP contribution in [-0.2, 0) is 11.3 Å². The minimum atomic E-state index is -0.0308. The molecule has 0 radical (unpaired) electrons. The van der Waals surface area contributed by atoms with Crippen molar-refractivity contribution in [2.75, 3.05) is 7.11 Å². The van der Waals surface area contributed by atoms with Crippen LogP contribution in [0.4, 0.5) is 0 Å². The molecule has 1 N–H and O–H groups in total. The van der Waals surface area contributed by atoms with Gasteiger partial charge in [-0.2, -0.15) is 5.10 Å². The van der Waals surface area contributed by atoms with Gasteiger partial charge in [0.15, 0.2) is 5.11 Å². The summed E-state index contributed by atoms with van der Waals surface area (Å²) in [5.41, 5.74) is 4.45. The molecule has 1 aromatic heterocycles. The molecule has 0 unspecified atom stereocenters. The van der Waals surface area contributed by atoms with Crippen LogP contribution in [0.5, 0.6) is 5.75 Å². The monoisotopic (exact) mass is 502 g/mol. The van der Waals surface area contributed by atoms with Crippen molar-refractivity contribution in [3.63, 3.8) is 0 Å². The van der Waals surface area contributed by atoms with Gasteiger partial charge in [0, 0.05) is 11.6 Å². The smallest absolute Gasteiger partial charge is 0.276 e. The molecular formula is C23H27BrN4O2S. The summed E-state index contributed by atoms with van der Waals surface area (Å²) >= 11 is 9.08. The third kappa shape index (κ3) is 4.41. The molecule has 2 heterocycles. The molecule has 0 spiro atoms. The number of hydrogen-bond acceptors (Lipinski definition) is 4. The molecule has 1 aliphatic carbocycles. The second-order valence-electron chi connectivity index (χ2n) is 8.17. The Morgan fingerprint density at radius 1 is 1.29 bits per heavy atom. The zero-order valence-electron chi connectivity index (χ0n) is 18.1. The van der Waals surface area contributed by atoms with Gasteiger partial charge in [0.2, 0.25) is 0 Å². The molecule has 4 rings (SSSR count). The summed E-state index contributed by atoms with van der Waals surface area (Å²) in [6.45, 7) is 4.58. The van der Waals surface area contributed by atoms with E-state index in [1.54, 1.807) is 12.0 Å². The van der Waals surface area contributed by atoms with Crippen molar-refractivity contribution in [3.8, 4) is 5.75 Å². The highest BCUT2D eigenvalue weighted by atomic mass is 79.9. The standard InChI is InChI=1S/C23H27BrN4O2S/c1-14-21(24)15(2)27(26-14)13-17-11-16(9-10-20(17)30-3)12-19-22(29)28(23(31)25-19)18-7-5-4-6-8-18/h9-12,18H,4-8,13H2,1-3H3,(H,25,31)/b19-12+. The van der Waals surface area contributed by atoms with Gasteiger partial charge in [-0.05, 0) is 78.6 Å². The molecular weight excluding hydrogens is 476 g/mol. The Balaban J connectivity index is 1.60. The molecule has 1 amide bonds. The number of thiocarbonyl (C=S) groups is 1. The van der Waals surface area contributed by atoms with E-state index in [2.05, 4.69) is 26.3 Å². The predicted octanol–water partition coefficient (Wildman–Crippen LogP) is 4.71. The first-order valence-electron chi connectivity index (χ1n) is 10.6. The van der Waals surface area contributed by atoms with Crippen molar-refractivity contribution in [3.05, 3.63) is 50.9 Å². The van der Waals surface area contributed by atoms with Crippen molar-refractivity contribution < 1.29 is 9.53 Å². The molecule has 6 nitrogen and oxygen atoms in total. The van der Waals surface area contributed by atoms with Crippen LogP contribution in [0.2, 0.25) is 0 Å². The molecule has 1 aliphatic heterocycles. The Bertz CT molecular complexity index is 1060. The number of methoxy groups -OCH3 is 1. The fourth-order valence-electron chi connectivity index (χ4n) is 4.39.